The summed E-state index contributed by atoms with van der Waals surface area (Å²) in [6, 6.07) is 3.67. The van der Waals surface area contributed by atoms with Crippen LogP contribution in [0, 0.1) is 25.2 Å². The van der Waals surface area contributed by atoms with E-state index in [1.165, 1.54) is 7.05 Å². The molecule has 124 valence electrons. The van der Waals surface area contributed by atoms with Gasteiger partial charge in [0.15, 0.2) is 17.5 Å². The Morgan fingerprint density at radius 3 is 2.26 bits per heavy atom. The molecule has 0 fully saturated rings. The highest BCUT2D eigenvalue weighted by molar-refractivity contribution is 5.91. The molecule has 0 aliphatic rings. The van der Waals surface area contributed by atoms with Crippen LogP contribution in [0.25, 0.3) is 0 Å². The van der Waals surface area contributed by atoms with Crippen molar-refractivity contribution in [1.82, 2.24) is 14.9 Å². The molecule has 0 aromatic carbocycles. The highest BCUT2D eigenvalue weighted by Crippen LogP contribution is 2.15. The van der Waals surface area contributed by atoms with Gasteiger partial charge in [-0.2, -0.15) is 5.26 Å². The average molecular weight is 318 g/mol. The van der Waals surface area contributed by atoms with E-state index < -0.39 is 23.4 Å². The summed E-state index contributed by atoms with van der Waals surface area (Å²) in [6.45, 7) is 8.50. The third kappa shape index (κ3) is 5.66. The van der Waals surface area contributed by atoms with Crippen LogP contribution in [0.1, 0.15) is 43.9 Å². The fourth-order valence-electron chi connectivity index (χ4n) is 1.89. The molecule has 0 saturated heterocycles. The predicted octanol–water partition coefficient (Wildman–Crippen LogP) is 2.14. The molecule has 1 aromatic heterocycles. The number of aryl methyl sites for hydroxylation is 2. The molecule has 0 radical (unpaired) electrons. The maximum atomic E-state index is 12.3. The first-order valence-corrected chi connectivity index (χ1v) is 7.22. The molecular formula is C16H22N4O3. The normalized spacial score (nSPS) is 12.2. The number of nitrogens with zero attached hydrogens (tertiary/aromatic N) is 4. The smallest absolute Gasteiger partial charge is 0.410 e. The maximum Gasteiger partial charge on any atom is 0.410 e. The van der Waals surface area contributed by atoms with E-state index in [4.69, 9.17) is 4.74 Å². The van der Waals surface area contributed by atoms with Gasteiger partial charge in [0.05, 0.1) is 12.6 Å². The molecule has 23 heavy (non-hydrogen) atoms. The lowest BCUT2D eigenvalue weighted by atomic mass is 10.0. The van der Waals surface area contributed by atoms with Crippen LogP contribution >= 0.6 is 0 Å². The number of aromatic nitrogens is 2. The summed E-state index contributed by atoms with van der Waals surface area (Å²) in [6.07, 6.45) is -0.621. The van der Waals surface area contributed by atoms with Crippen molar-refractivity contribution in [2.24, 2.45) is 0 Å². The number of hydrogen-bond acceptors (Lipinski definition) is 6. The van der Waals surface area contributed by atoms with Crippen LogP contribution in [0.5, 0.6) is 0 Å². The lowest BCUT2D eigenvalue weighted by Crippen LogP contribution is -2.38. The minimum absolute atomic E-state index is 0.160. The van der Waals surface area contributed by atoms with Crippen molar-refractivity contribution in [2.75, 3.05) is 13.6 Å². The summed E-state index contributed by atoms with van der Waals surface area (Å²) < 4.78 is 5.18. The van der Waals surface area contributed by atoms with Crippen molar-refractivity contribution in [3.63, 3.8) is 0 Å². The number of Topliss-reactive ketones (excluding diaryl/α,β-unsaturated/α-hetero) is 1. The first-order valence-electron chi connectivity index (χ1n) is 7.22. The Bertz CT molecular complexity index is 623. The molecule has 0 bridgehead atoms. The van der Waals surface area contributed by atoms with E-state index in [1.807, 2.05) is 6.07 Å². The van der Waals surface area contributed by atoms with Gasteiger partial charge in [-0.3, -0.25) is 4.79 Å². The van der Waals surface area contributed by atoms with Crippen LogP contribution in [0.3, 0.4) is 0 Å². The quantitative estimate of drug-likeness (QED) is 0.843. The predicted molar refractivity (Wildman–Crippen MR) is 83.7 cm³/mol. The summed E-state index contributed by atoms with van der Waals surface area (Å²) in [5.74, 6) is -1.41. The number of carbonyl (C=O) groups is 2. The molecule has 7 heteroatoms. The number of ether oxygens (including phenoxy) is 1. The largest absolute Gasteiger partial charge is 0.444 e. The summed E-state index contributed by atoms with van der Waals surface area (Å²) in [7, 11) is 1.45. The average Bonchev–Trinajstić information content (AvgIpc) is 2.36. The second-order valence-corrected chi connectivity index (χ2v) is 6.37. The fraction of sp³-hybridized carbons (Fsp3) is 0.562. The van der Waals surface area contributed by atoms with E-state index in [0.29, 0.717) is 11.4 Å². The number of rotatable bonds is 4. The van der Waals surface area contributed by atoms with Gasteiger partial charge in [0.1, 0.15) is 5.60 Å². The first-order chi connectivity index (χ1) is 10.5. The second-order valence-electron chi connectivity index (χ2n) is 6.37. The van der Waals surface area contributed by atoms with E-state index in [1.54, 1.807) is 40.7 Å². The topological polar surface area (TPSA) is 96.2 Å². The van der Waals surface area contributed by atoms with E-state index in [0.717, 1.165) is 4.90 Å². The highest BCUT2D eigenvalue weighted by Gasteiger charge is 2.27. The minimum atomic E-state index is -1.11. The maximum absolute atomic E-state index is 12.3. The third-order valence-corrected chi connectivity index (χ3v) is 2.81. The van der Waals surface area contributed by atoms with E-state index in [9.17, 15) is 14.9 Å². The van der Waals surface area contributed by atoms with Crippen molar-refractivity contribution >= 4 is 11.9 Å². The fourth-order valence-corrected chi connectivity index (χ4v) is 1.89. The summed E-state index contributed by atoms with van der Waals surface area (Å²) in [5.41, 5.74) is 0.710. The van der Waals surface area contributed by atoms with Gasteiger partial charge < -0.3 is 9.64 Å². The number of ketones is 1. The monoisotopic (exact) mass is 318 g/mol. The second kappa shape index (κ2) is 7.18. The summed E-state index contributed by atoms with van der Waals surface area (Å²) in [5, 5.41) is 9.28. The van der Waals surface area contributed by atoms with Crippen LogP contribution < -0.4 is 0 Å². The number of amides is 1. The van der Waals surface area contributed by atoms with Gasteiger partial charge >= 0.3 is 6.09 Å². The summed E-state index contributed by atoms with van der Waals surface area (Å²) >= 11 is 0. The van der Waals surface area contributed by atoms with Gasteiger partial charge in [-0.15, -0.1) is 0 Å². The molecule has 0 saturated carbocycles. The van der Waals surface area contributed by atoms with Crippen LogP contribution in [-0.4, -0.2) is 45.9 Å². The van der Waals surface area contributed by atoms with Crippen molar-refractivity contribution in [3.8, 4) is 6.07 Å². The Balaban J connectivity index is 2.86. The van der Waals surface area contributed by atoms with Crippen molar-refractivity contribution in [3.05, 3.63) is 23.3 Å². The van der Waals surface area contributed by atoms with Gasteiger partial charge in [-0.25, -0.2) is 14.8 Å². The molecular weight excluding hydrogens is 296 g/mol. The Labute approximate surface area is 136 Å². The van der Waals surface area contributed by atoms with Crippen molar-refractivity contribution in [2.45, 2.75) is 46.1 Å². The molecule has 1 aromatic rings. The molecule has 0 spiro atoms. The van der Waals surface area contributed by atoms with Crippen molar-refractivity contribution in [1.29, 1.82) is 5.26 Å². The SMILES string of the molecule is Cc1cc(C)nc(C(C#N)C(=O)CN(C)C(=O)OC(C)(C)C)n1. The van der Waals surface area contributed by atoms with Gasteiger partial charge in [0.25, 0.3) is 0 Å². The minimum Gasteiger partial charge on any atom is -0.444 e. The van der Waals surface area contributed by atoms with Crippen LogP contribution in [-0.2, 0) is 9.53 Å². The Hall–Kier alpha value is -2.49. The van der Waals surface area contributed by atoms with Gasteiger partial charge in [-0.1, -0.05) is 0 Å². The van der Waals surface area contributed by atoms with Crippen molar-refractivity contribution < 1.29 is 14.3 Å². The number of nitriles is 1. The van der Waals surface area contributed by atoms with Crippen LogP contribution in [0.15, 0.2) is 6.07 Å². The molecule has 7 nitrogen and oxygen atoms in total. The Kier molecular flexibility index (Phi) is 5.79. The zero-order valence-electron chi connectivity index (χ0n) is 14.4. The number of likely N-dealkylation sites (N-methyl/N-ethyl adjacent to an activating group) is 1. The zero-order chi connectivity index (χ0) is 17.8. The zero-order valence-corrected chi connectivity index (χ0v) is 14.4. The van der Waals surface area contributed by atoms with Gasteiger partial charge in [0.2, 0.25) is 0 Å². The van der Waals surface area contributed by atoms with Gasteiger partial charge in [0, 0.05) is 18.4 Å². The van der Waals surface area contributed by atoms with Gasteiger partial charge in [-0.05, 0) is 40.7 Å². The molecule has 1 rings (SSSR count). The standard InChI is InChI=1S/C16H22N4O3/c1-10-7-11(2)19-14(18-10)12(8-17)13(21)9-20(6)15(22)23-16(3,4)5/h7,12H,9H2,1-6H3. The van der Waals surface area contributed by atoms with E-state index in [2.05, 4.69) is 9.97 Å². The molecule has 0 aliphatic carbocycles. The number of hydrogen-bond donors (Lipinski definition) is 0. The van der Waals surface area contributed by atoms with E-state index in [-0.39, 0.29) is 12.4 Å². The Morgan fingerprint density at radius 1 is 1.30 bits per heavy atom. The molecule has 0 aliphatic heterocycles. The highest BCUT2D eigenvalue weighted by atomic mass is 16.6. The molecule has 1 atom stereocenters. The first kappa shape index (κ1) is 18.6. The molecule has 1 unspecified atom stereocenters. The van der Waals surface area contributed by atoms with Crippen LogP contribution in [0.4, 0.5) is 4.79 Å². The molecule has 0 N–H and O–H groups in total. The lowest BCUT2D eigenvalue weighted by molar-refractivity contribution is -0.120. The number of carbonyl (C=O) groups excluding carboxylic acids is 2. The molecule has 1 heterocycles. The lowest BCUT2D eigenvalue weighted by Gasteiger charge is -2.24. The molecule has 1 amide bonds. The van der Waals surface area contributed by atoms with Crippen LogP contribution in [0.2, 0.25) is 0 Å². The van der Waals surface area contributed by atoms with E-state index >= 15 is 0 Å². The Morgan fingerprint density at radius 2 is 1.83 bits per heavy atom. The third-order valence-electron chi connectivity index (χ3n) is 2.81. The summed E-state index contributed by atoms with van der Waals surface area (Å²) in [4.78, 5) is 33.6.